The second kappa shape index (κ2) is 10.8. The number of nitrogens with zero attached hydrogens (tertiary/aromatic N) is 3. The first kappa shape index (κ1) is 28.0. The van der Waals surface area contributed by atoms with E-state index in [-0.39, 0.29) is 0 Å². The van der Waals surface area contributed by atoms with E-state index < -0.39 is 0 Å². The molecule has 0 atom stereocenters. The summed E-state index contributed by atoms with van der Waals surface area (Å²) in [7, 11) is 0. The molecule has 0 saturated heterocycles. The van der Waals surface area contributed by atoms with Crippen molar-refractivity contribution in [2.45, 2.75) is 0 Å². The van der Waals surface area contributed by atoms with E-state index in [9.17, 15) is 0 Å². The van der Waals surface area contributed by atoms with E-state index in [1.165, 1.54) is 38.1 Å². The molecular weight excluding hydrogens is 623 g/mol. The van der Waals surface area contributed by atoms with E-state index in [0.717, 1.165) is 55.1 Å². The van der Waals surface area contributed by atoms with E-state index in [1.807, 2.05) is 12.1 Å². The monoisotopic (exact) mass is 649 g/mol. The van der Waals surface area contributed by atoms with Gasteiger partial charge in [0, 0.05) is 38.2 Å². The Hall–Kier alpha value is -6.91. The molecule has 0 amide bonds. The average Bonchev–Trinajstić information content (AvgIpc) is 3.60. The molecule has 2 aromatic heterocycles. The van der Waals surface area contributed by atoms with Crippen LogP contribution in [0.2, 0.25) is 0 Å². The minimum atomic E-state index is 0.628. The molecule has 11 aromatic rings. The van der Waals surface area contributed by atoms with E-state index in [0.29, 0.717) is 17.5 Å². The summed E-state index contributed by atoms with van der Waals surface area (Å²) < 4.78 is 6.50. The quantitative estimate of drug-likeness (QED) is 0.138. The third kappa shape index (κ3) is 4.30. The van der Waals surface area contributed by atoms with Gasteiger partial charge in [0.15, 0.2) is 17.5 Å². The highest BCUT2D eigenvalue weighted by Crippen LogP contribution is 2.48. The molecule has 0 aliphatic rings. The van der Waals surface area contributed by atoms with Crippen LogP contribution < -0.4 is 0 Å². The molecule has 0 aliphatic carbocycles. The van der Waals surface area contributed by atoms with Crippen LogP contribution in [0.15, 0.2) is 168 Å². The predicted molar refractivity (Wildman–Crippen MR) is 209 cm³/mol. The van der Waals surface area contributed by atoms with Gasteiger partial charge in [-0.3, -0.25) is 0 Å². The van der Waals surface area contributed by atoms with Crippen molar-refractivity contribution in [2.24, 2.45) is 0 Å². The van der Waals surface area contributed by atoms with Crippen LogP contribution in [0.25, 0.3) is 111 Å². The lowest BCUT2D eigenvalue weighted by Crippen LogP contribution is -2.01. The summed E-state index contributed by atoms with van der Waals surface area (Å²) in [5.74, 6) is 1.88. The first-order chi connectivity index (χ1) is 25.3. The number of furan rings is 1. The third-order valence-electron chi connectivity index (χ3n) is 10.3. The molecule has 0 unspecified atom stereocenters. The number of hydrogen-bond donors (Lipinski definition) is 0. The maximum atomic E-state index is 6.50. The Bertz CT molecular complexity index is 2930. The largest absolute Gasteiger partial charge is 0.456 e. The van der Waals surface area contributed by atoms with Crippen LogP contribution in [0.5, 0.6) is 0 Å². The normalized spacial score (nSPS) is 11.9. The molecule has 0 spiro atoms. The Labute approximate surface area is 293 Å². The van der Waals surface area contributed by atoms with E-state index in [2.05, 4.69) is 152 Å². The molecule has 236 valence electrons. The van der Waals surface area contributed by atoms with Gasteiger partial charge in [-0.05, 0) is 62.0 Å². The van der Waals surface area contributed by atoms with Crippen molar-refractivity contribution < 1.29 is 4.42 Å². The van der Waals surface area contributed by atoms with Gasteiger partial charge in [0.25, 0.3) is 0 Å². The van der Waals surface area contributed by atoms with Gasteiger partial charge in [-0.15, -0.1) is 0 Å². The van der Waals surface area contributed by atoms with Crippen LogP contribution in [0.1, 0.15) is 0 Å². The standard InChI is InChI=1S/C47H27N3O/c1-3-8-28(9-4-1)30-14-20-34(21-15-30)45-48-46(35-22-16-31(17-23-35)29-10-5-2-6-11-29)50-47(49-45)37-25-27-39-44-42(37)36-13-7-12-32-18-19-33-24-26-38(51-39)43(44)41(33)40(32)36/h1-27H. The Morgan fingerprint density at radius 3 is 1.37 bits per heavy atom. The Balaban J connectivity index is 1.16. The molecule has 4 nitrogen and oxygen atoms in total. The van der Waals surface area contributed by atoms with E-state index in [4.69, 9.17) is 19.4 Å². The molecule has 11 rings (SSSR count). The second-order valence-electron chi connectivity index (χ2n) is 13.2. The zero-order valence-corrected chi connectivity index (χ0v) is 27.3. The number of hydrogen-bond acceptors (Lipinski definition) is 4. The first-order valence-corrected chi connectivity index (χ1v) is 17.2. The fraction of sp³-hybridized carbons (Fsp3) is 0. The first-order valence-electron chi connectivity index (χ1n) is 17.2. The summed E-state index contributed by atoms with van der Waals surface area (Å²) in [5, 5.41) is 9.45. The highest BCUT2D eigenvalue weighted by atomic mass is 16.3. The topological polar surface area (TPSA) is 51.8 Å². The summed E-state index contributed by atoms with van der Waals surface area (Å²) in [4.78, 5) is 15.6. The predicted octanol–water partition coefficient (Wildman–Crippen LogP) is 12.4. The zero-order valence-electron chi connectivity index (χ0n) is 27.3. The molecule has 9 aromatic carbocycles. The lowest BCUT2D eigenvalue weighted by Gasteiger charge is -2.15. The van der Waals surface area contributed by atoms with Gasteiger partial charge in [0.1, 0.15) is 11.2 Å². The van der Waals surface area contributed by atoms with Crippen molar-refractivity contribution in [3.8, 4) is 56.4 Å². The highest BCUT2D eigenvalue weighted by molar-refractivity contribution is 6.40. The van der Waals surface area contributed by atoms with Gasteiger partial charge in [-0.25, -0.2) is 15.0 Å². The van der Waals surface area contributed by atoms with Crippen LogP contribution in [-0.2, 0) is 0 Å². The molecule has 51 heavy (non-hydrogen) atoms. The van der Waals surface area contributed by atoms with Gasteiger partial charge in [-0.1, -0.05) is 146 Å². The summed E-state index contributed by atoms with van der Waals surface area (Å²) in [5.41, 5.74) is 9.20. The zero-order chi connectivity index (χ0) is 33.5. The lowest BCUT2D eigenvalue weighted by molar-refractivity contribution is 0.669. The fourth-order valence-corrected chi connectivity index (χ4v) is 7.86. The second-order valence-corrected chi connectivity index (χ2v) is 13.2. The smallest absolute Gasteiger partial charge is 0.164 e. The van der Waals surface area contributed by atoms with Crippen molar-refractivity contribution in [1.82, 2.24) is 15.0 Å². The SMILES string of the molecule is c1ccc(-c2ccc(-c3nc(-c4ccc(-c5ccccc5)cc4)nc(-c4ccc5oc6ccc7ccc8cccc9c4c5c6c7c89)n3)cc2)cc1. The summed E-state index contributed by atoms with van der Waals surface area (Å²) in [6.45, 7) is 0. The molecule has 2 heterocycles. The van der Waals surface area contributed by atoms with Crippen LogP contribution in [0.3, 0.4) is 0 Å². The molecule has 0 bridgehead atoms. The van der Waals surface area contributed by atoms with Crippen molar-refractivity contribution in [1.29, 1.82) is 0 Å². The van der Waals surface area contributed by atoms with Crippen molar-refractivity contribution >= 4 is 54.3 Å². The van der Waals surface area contributed by atoms with Gasteiger partial charge in [0.2, 0.25) is 0 Å². The third-order valence-corrected chi connectivity index (χ3v) is 10.3. The summed E-state index contributed by atoms with van der Waals surface area (Å²) in [6.07, 6.45) is 0. The minimum Gasteiger partial charge on any atom is -0.456 e. The molecule has 4 heteroatoms. The number of rotatable bonds is 5. The summed E-state index contributed by atoms with van der Waals surface area (Å²) in [6, 6.07) is 57.2. The summed E-state index contributed by atoms with van der Waals surface area (Å²) >= 11 is 0. The fourth-order valence-electron chi connectivity index (χ4n) is 7.86. The lowest BCUT2D eigenvalue weighted by atomic mass is 9.87. The van der Waals surface area contributed by atoms with Crippen LogP contribution in [0.4, 0.5) is 0 Å². The maximum Gasteiger partial charge on any atom is 0.164 e. The van der Waals surface area contributed by atoms with Crippen molar-refractivity contribution in [2.75, 3.05) is 0 Å². The van der Waals surface area contributed by atoms with Gasteiger partial charge < -0.3 is 4.42 Å². The van der Waals surface area contributed by atoms with E-state index >= 15 is 0 Å². The Morgan fingerprint density at radius 2 is 0.765 bits per heavy atom. The maximum absolute atomic E-state index is 6.50. The molecule has 0 N–H and O–H groups in total. The Kier molecular flexibility index (Phi) is 5.92. The molecule has 0 saturated carbocycles. The number of aromatic nitrogens is 3. The minimum absolute atomic E-state index is 0.628. The van der Waals surface area contributed by atoms with Crippen LogP contribution in [-0.4, -0.2) is 15.0 Å². The molecule has 0 radical (unpaired) electrons. The van der Waals surface area contributed by atoms with Crippen LogP contribution >= 0.6 is 0 Å². The molecule has 0 fully saturated rings. The van der Waals surface area contributed by atoms with Crippen molar-refractivity contribution in [3.05, 3.63) is 164 Å². The number of fused-ring (bicyclic) bond motifs is 1. The molecular formula is C47H27N3O. The number of benzene rings is 9. The van der Waals surface area contributed by atoms with Gasteiger partial charge >= 0.3 is 0 Å². The average molecular weight is 650 g/mol. The molecule has 0 aliphatic heterocycles. The highest BCUT2D eigenvalue weighted by Gasteiger charge is 2.24. The van der Waals surface area contributed by atoms with Crippen LogP contribution in [0, 0.1) is 0 Å². The van der Waals surface area contributed by atoms with E-state index in [1.54, 1.807) is 0 Å². The van der Waals surface area contributed by atoms with Crippen molar-refractivity contribution in [3.63, 3.8) is 0 Å². The van der Waals surface area contributed by atoms with Gasteiger partial charge in [-0.2, -0.15) is 0 Å². The van der Waals surface area contributed by atoms with Gasteiger partial charge in [0.05, 0.1) is 0 Å². The Morgan fingerprint density at radius 1 is 0.294 bits per heavy atom.